The Balaban J connectivity index is 2.11. The Hall–Kier alpha value is -2.07. The van der Waals surface area contributed by atoms with E-state index in [1.807, 2.05) is 42.8 Å². The molecule has 0 amide bonds. The van der Waals surface area contributed by atoms with Crippen molar-refractivity contribution in [3.8, 4) is 11.5 Å². The summed E-state index contributed by atoms with van der Waals surface area (Å²) in [5, 5.41) is 9.88. The van der Waals surface area contributed by atoms with Crippen molar-refractivity contribution in [2.45, 2.75) is 20.1 Å². The van der Waals surface area contributed by atoms with Gasteiger partial charge in [-0.15, -0.1) is 0 Å². The van der Waals surface area contributed by atoms with Crippen LogP contribution >= 0.6 is 0 Å². The van der Waals surface area contributed by atoms with E-state index in [9.17, 15) is 5.11 Å². The Labute approximate surface area is 113 Å². The van der Waals surface area contributed by atoms with E-state index in [-0.39, 0.29) is 5.75 Å². The van der Waals surface area contributed by atoms with E-state index < -0.39 is 0 Å². The lowest BCUT2D eigenvalue weighted by molar-refractivity contribution is -0.679. The van der Waals surface area contributed by atoms with E-state index in [0.717, 1.165) is 11.3 Å². The molecule has 0 spiro atoms. The smallest absolute Gasteiger partial charge is 0.226 e. The number of ether oxygens (including phenoxy) is 1. The minimum absolute atomic E-state index is 0.116. The molecular weight excluding hydrogens is 240 g/mol. The van der Waals surface area contributed by atoms with Gasteiger partial charge >= 0.3 is 0 Å². The maximum Gasteiger partial charge on any atom is 0.226 e. The Morgan fingerprint density at radius 2 is 1.95 bits per heavy atom. The molecule has 0 bridgehead atoms. The second-order valence-corrected chi connectivity index (χ2v) is 4.60. The Kier molecular flexibility index (Phi) is 4.02. The quantitative estimate of drug-likeness (QED) is 0.819. The minimum atomic E-state index is 0.116. The highest BCUT2D eigenvalue weighted by Gasteiger charge is 2.13. The van der Waals surface area contributed by atoms with Crippen molar-refractivity contribution in [3.05, 3.63) is 53.3 Å². The molecule has 4 nitrogen and oxygen atoms in total. The van der Waals surface area contributed by atoms with E-state index >= 15 is 0 Å². The second kappa shape index (κ2) is 5.71. The standard InChI is InChI=1S/C15H18N2O2/c1-11-3-5-12(6-4-11)10-19-15-9-17(2)13(8-16)7-14(15)18/h3-7,9H,8,10,16H2,1-2H3/p+1. The Morgan fingerprint density at radius 1 is 1.26 bits per heavy atom. The summed E-state index contributed by atoms with van der Waals surface area (Å²) in [7, 11) is 1.88. The largest absolute Gasteiger partial charge is 0.504 e. The number of nitrogens with two attached hydrogens (primary N) is 1. The van der Waals surface area contributed by atoms with Gasteiger partial charge in [0.15, 0.2) is 11.4 Å². The minimum Gasteiger partial charge on any atom is -0.504 e. The third-order valence-electron chi connectivity index (χ3n) is 3.04. The van der Waals surface area contributed by atoms with E-state index in [4.69, 9.17) is 10.5 Å². The molecule has 2 rings (SSSR count). The molecule has 100 valence electrons. The molecular formula is C15H19N2O2+. The van der Waals surface area contributed by atoms with Crippen LogP contribution in [0.1, 0.15) is 16.8 Å². The average Bonchev–Trinajstić information content (AvgIpc) is 2.41. The van der Waals surface area contributed by atoms with Gasteiger partial charge < -0.3 is 15.6 Å². The highest BCUT2D eigenvalue weighted by Crippen LogP contribution is 2.25. The van der Waals surface area contributed by atoms with Gasteiger partial charge in [-0.25, -0.2) is 4.57 Å². The van der Waals surface area contributed by atoms with Gasteiger partial charge in [-0.3, -0.25) is 0 Å². The van der Waals surface area contributed by atoms with Crippen LogP contribution in [-0.4, -0.2) is 5.11 Å². The summed E-state index contributed by atoms with van der Waals surface area (Å²) in [5.74, 6) is 0.575. The maximum absolute atomic E-state index is 9.88. The zero-order valence-corrected chi connectivity index (χ0v) is 11.3. The van der Waals surface area contributed by atoms with Crippen molar-refractivity contribution in [3.63, 3.8) is 0 Å². The maximum atomic E-state index is 9.88. The van der Waals surface area contributed by atoms with Gasteiger partial charge in [0.1, 0.15) is 13.7 Å². The number of benzene rings is 1. The van der Waals surface area contributed by atoms with Crippen LogP contribution in [0, 0.1) is 6.92 Å². The molecule has 0 atom stereocenters. The van der Waals surface area contributed by atoms with Crippen molar-refractivity contribution in [2.75, 3.05) is 0 Å². The predicted octanol–water partition coefficient (Wildman–Crippen LogP) is 1.56. The lowest BCUT2D eigenvalue weighted by Gasteiger charge is -2.08. The molecule has 0 aliphatic heterocycles. The number of aryl methyl sites for hydroxylation is 2. The van der Waals surface area contributed by atoms with Crippen LogP contribution in [0.3, 0.4) is 0 Å². The Bertz CT molecular complexity index is 565. The first kappa shape index (κ1) is 13.4. The van der Waals surface area contributed by atoms with Crippen molar-refractivity contribution >= 4 is 0 Å². The number of pyridine rings is 1. The number of aromatic hydroxyl groups is 1. The summed E-state index contributed by atoms with van der Waals surface area (Å²) in [5.41, 5.74) is 8.70. The van der Waals surface area contributed by atoms with Crippen LogP contribution in [0.15, 0.2) is 36.5 Å². The fraction of sp³-hybridized carbons (Fsp3) is 0.267. The fourth-order valence-electron chi connectivity index (χ4n) is 1.82. The lowest BCUT2D eigenvalue weighted by atomic mass is 10.2. The highest BCUT2D eigenvalue weighted by molar-refractivity contribution is 5.35. The summed E-state index contributed by atoms with van der Waals surface area (Å²) in [6.07, 6.45) is 1.74. The molecule has 3 N–H and O–H groups in total. The zero-order valence-electron chi connectivity index (χ0n) is 11.3. The van der Waals surface area contributed by atoms with Crippen molar-refractivity contribution in [2.24, 2.45) is 12.8 Å². The molecule has 1 heterocycles. The van der Waals surface area contributed by atoms with E-state index in [0.29, 0.717) is 18.9 Å². The summed E-state index contributed by atoms with van der Waals surface area (Å²) in [6, 6.07) is 9.73. The van der Waals surface area contributed by atoms with Crippen LogP contribution in [0.2, 0.25) is 0 Å². The molecule has 0 aliphatic carbocycles. The summed E-state index contributed by atoms with van der Waals surface area (Å²) in [4.78, 5) is 0. The SMILES string of the molecule is Cc1ccc(COc2c[n+](C)c(CN)cc2O)cc1. The first-order valence-corrected chi connectivity index (χ1v) is 6.20. The van der Waals surface area contributed by atoms with Crippen molar-refractivity contribution in [1.82, 2.24) is 0 Å². The van der Waals surface area contributed by atoms with Gasteiger partial charge in [-0.1, -0.05) is 29.8 Å². The third-order valence-corrected chi connectivity index (χ3v) is 3.04. The van der Waals surface area contributed by atoms with Gasteiger partial charge in [-0.2, -0.15) is 0 Å². The Morgan fingerprint density at radius 3 is 2.58 bits per heavy atom. The number of hydrogen-bond acceptors (Lipinski definition) is 3. The number of hydrogen-bond donors (Lipinski definition) is 2. The topological polar surface area (TPSA) is 59.4 Å². The third kappa shape index (κ3) is 3.23. The van der Waals surface area contributed by atoms with Crippen LogP contribution < -0.4 is 15.0 Å². The summed E-state index contributed by atoms with van der Waals surface area (Å²) in [6.45, 7) is 2.85. The van der Waals surface area contributed by atoms with Crippen molar-refractivity contribution < 1.29 is 14.4 Å². The molecule has 1 aromatic carbocycles. The molecule has 1 aromatic heterocycles. The second-order valence-electron chi connectivity index (χ2n) is 4.60. The van der Waals surface area contributed by atoms with Gasteiger partial charge in [0.25, 0.3) is 0 Å². The molecule has 0 unspecified atom stereocenters. The lowest BCUT2D eigenvalue weighted by Crippen LogP contribution is -2.34. The van der Waals surface area contributed by atoms with Crippen LogP contribution in [0.4, 0.5) is 0 Å². The molecule has 0 radical (unpaired) electrons. The first-order valence-electron chi connectivity index (χ1n) is 6.20. The van der Waals surface area contributed by atoms with E-state index in [1.54, 1.807) is 12.3 Å². The van der Waals surface area contributed by atoms with Crippen LogP contribution in [0.25, 0.3) is 0 Å². The molecule has 0 saturated carbocycles. The monoisotopic (exact) mass is 259 g/mol. The molecule has 2 aromatic rings. The zero-order chi connectivity index (χ0) is 13.8. The molecule has 0 aliphatic rings. The van der Waals surface area contributed by atoms with Crippen LogP contribution in [-0.2, 0) is 20.2 Å². The van der Waals surface area contributed by atoms with Gasteiger partial charge in [0.05, 0.1) is 12.6 Å². The predicted molar refractivity (Wildman–Crippen MR) is 72.7 cm³/mol. The van der Waals surface area contributed by atoms with E-state index in [1.165, 1.54) is 5.56 Å². The first-order chi connectivity index (χ1) is 9.10. The highest BCUT2D eigenvalue weighted by atomic mass is 16.5. The van der Waals surface area contributed by atoms with Gasteiger partial charge in [-0.05, 0) is 12.5 Å². The number of rotatable bonds is 4. The van der Waals surface area contributed by atoms with Crippen LogP contribution in [0.5, 0.6) is 11.5 Å². The molecule has 0 fully saturated rings. The fourth-order valence-corrected chi connectivity index (χ4v) is 1.82. The average molecular weight is 259 g/mol. The normalized spacial score (nSPS) is 10.5. The summed E-state index contributed by atoms with van der Waals surface area (Å²) < 4.78 is 7.48. The van der Waals surface area contributed by atoms with Crippen molar-refractivity contribution in [1.29, 1.82) is 0 Å². The summed E-state index contributed by atoms with van der Waals surface area (Å²) >= 11 is 0. The van der Waals surface area contributed by atoms with Gasteiger partial charge in [0.2, 0.25) is 11.9 Å². The number of nitrogens with zero attached hydrogens (tertiary/aromatic N) is 1. The number of aromatic nitrogens is 1. The molecule has 4 heteroatoms. The van der Waals surface area contributed by atoms with Gasteiger partial charge in [0, 0.05) is 0 Å². The molecule has 0 saturated heterocycles. The molecule has 19 heavy (non-hydrogen) atoms. The van der Waals surface area contributed by atoms with E-state index in [2.05, 4.69) is 0 Å².